The zero-order valence-corrected chi connectivity index (χ0v) is 15.7. The van der Waals surface area contributed by atoms with E-state index in [1.165, 1.54) is 12.1 Å². The van der Waals surface area contributed by atoms with Gasteiger partial charge in [-0.2, -0.15) is 4.31 Å². The number of rotatable bonds is 8. The number of nitrogens with one attached hydrogen (secondary N) is 1. The largest absolute Gasteiger partial charge is 0.326 e. The number of carbonyl (C=O) groups is 1. The lowest BCUT2D eigenvalue weighted by atomic mass is 10.1. The van der Waals surface area contributed by atoms with Crippen LogP contribution < -0.4 is 5.32 Å². The molecule has 0 spiro atoms. The number of nitrogens with zero attached hydrogens (tertiary/aromatic N) is 1. The van der Waals surface area contributed by atoms with Crippen LogP contribution >= 0.6 is 0 Å². The van der Waals surface area contributed by atoms with E-state index in [4.69, 9.17) is 0 Å². The number of hydrogen-bond acceptors (Lipinski definition) is 3. The smallest absolute Gasteiger partial charge is 0.225 e. The molecule has 0 aromatic heterocycles. The summed E-state index contributed by atoms with van der Waals surface area (Å²) in [5.74, 6) is -0.754. The molecule has 0 bridgehead atoms. The average molecular weight is 378 g/mol. The summed E-state index contributed by atoms with van der Waals surface area (Å²) < 4.78 is 38.9. The average Bonchev–Trinajstić information content (AvgIpc) is 2.59. The van der Waals surface area contributed by atoms with E-state index < -0.39 is 15.8 Å². The molecule has 0 unspecified atom stereocenters. The lowest BCUT2D eigenvalue weighted by Gasteiger charge is -2.20. The molecule has 1 amide bonds. The normalized spacial score (nSPS) is 11.5. The van der Waals surface area contributed by atoms with Crippen LogP contribution in [0.2, 0.25) is 0 Å². The van der Waals surface area contributed by atoms with Crippen molar-refractivity contribution in [3.8, 4) is 0 Å². The Morgan fingerprint density at radius 3 is 2.31 bits per heavy atom. The zero-order valence-electron chi connectivity index (χ0n) is 14.9. The van der Waals surface area contributed by atoms with Gasteiger partial charge in [0.05, 0.1) is 6.26 Å². The third-order valence-electron chi connectivity index (χ3n) is 4.03. The maximum absolute atomic E-state index is 13.8. The summed E-state index contributed by atoms with van der Waals surface area (Å²) >= 11 is 0. The number of hydrogen-bond donors (Lipinski definition) is 1. The van der Waals surface area contributed by atoms with Crippen molar-refractivity contribution in [1.29, 1.82) is 0 Å². The first-order valence-corrected chi connectivity index (χ1v) is 10.2. The molecule has 0 aliphatic rings. The van der Waals surface area contributed by atoms with Crippen molar-refractivity contribution in [2.24, 2.45) is 0 Å². The fraction of sp³-hybridized carbons (Fsp3) is 0.316. The lowest BCUT2D eigenvalue weighted by Crippen LogP contribution is -2.33. The number of benzene rings is 2. The minimum atomic E-state index is -3.57. The molecule has 0 saturated heterocycles. The van der Waals surface area contributed by atoms with Crippen molar-refractivity contribution >= 4 is 21.6 Å². The number of aryl methyl sites for hydroxylation is 1. The summed E-state index contributed by atoms with van der Waals surface area (Å²) in [6.45, 7) is 1.86. The predicted molar refractivity (Wildman–Crippen MR) is 101 cm³/mol. The van der Waals surface area contributed by atoms with E-state index >= 15 is 0 Å². The molecule has 2 aromatic rings. The fourth-order valence-corrected chi connectivity index (χ4v) is 3.36. The highest BCUT2D eigenvalue weighted by molar-refractivity contribution is 7.88. The van der Waals surface area contributed by atoms with E-state index in [1.807, 2.05) is 31.2 Å². The zero-order chi connectivity index (χ0) is 19.2. The van der Waals surface area contributed by atoms with Gasteiger partial charge in [0.15, 0.2) is 0 Å². The monoisotopic (exact) mass is 378 g/mol. The van der Waals surface area contributed by atoms with Crippen LogP contribution in [-0.2, 0) is 27.8 Å². The number of amides is 1. The van der Waals surface area contributed by atoms with E-state index in [0.29, 0.717) is 0 Å². The molecule has 2 rings (SSSR count). The minimum Gasteiger partial charge on any atom is -0.326 e. The van der Waals surface area contributed by atoms with Crippen molar-refractivity contribution in [2.75, 3.05) is 18.1 Å². The van der Waals surface area contributed by atoms with Crippen LogP contribution in [0, 0.1) is 5.82 Å². The second-order valence-electron chi connectivity index (χ2n) is 6.00. The van der Waals surface area contributed by atoms with Crippen molar-refractivity contribution in [1.82, 2.24) is 4.31 Å². The molecule has 0 aliphatic carbocycles. The van der Waals surface area contributed by atoms with E-state index in [1.54, 1.807) is 12.1 Å². The number of para-hydroxylation sites is 1. The number of sulfonamides is 1. The Morgan fingerprint density at radius 2 is 1.69 bits per heavy atom. The summed E-state index contributed by atoms with van der Waals surface area (Å²) in [6.07, 6.45) is 1.82. The van der Waals surface area contributed by atoms with Crippen LogP contribution in [0.15, 0.2) is 48.5 Å². The predicted octanol–water partition coefficient (Wildman–Crippen LogP) is 3.18. The minimum absolute atomic E-state index is 0.0143. The van der Waals surface area contributed by atoms with Gasteiger partial charge >= 0.3 is 0 Å². The van der Waals surface area contributed by atoms with Crippen LogP contribution in [0.3, 0.4) is 0 Å². The topological polar surface area (TPSA) is 66.5 Å². The Labute approximate surface area is 153 Å². The molecule has 0 atom stereocenters. The van der Waals surface area contributed by atoms with Gasteiger partial charge in [0, 0.05) is 30.8 Å². The first kappa shape index (κ1) is 20.1. The maximum atomic E-state index is 13.8. The van der Waals surface area contributed by atoms with Crippen LogP contribution in [0.5, 0.6) is 0 Å². The molecule has 0 heterocycles. The van der Waals surface area contributed by atoms with Crippen LogP contribution in [0.4, 0.5) is 10.1 Å². The van der Waals surface area contributed by atoms with Gasteiger partial charge in [-0.25, -0.2) is 12.8 Å². The fourth-order valence-electron chi connectivity index (χ4n) is 2.57. The molecule has 140 valence electrons. The first-order valence-electron chi connectivity index (χ1n) is 8.37. The summed E-state index contributed by atoms with van der Waals surface area (Å²) in [5.41, 5.74) is 2.00. The van der Waals surface area contributed by atoms with Gasteiger partial charge < -0.3 is 5.32 Å². The van der Waals surface area contributed by atoms with E-state index in [2.05, 4.69) is 5.32 Å². The van der Waals surface area contributed by atoms with E-state index in [9.17, 15) is 17.6 Å². The molecule has 0 aliphatic heterocycles. The molecule has 0 fully saturated rings. The third-order valence-corrected chi connectivity index (χ3v) is 5.28. The number of carbonyl (C=O) groups excluding carboxylic acids is 1. The highest BCUT2D eigenvalue weighted by atomic mass is 32.2. The summed E-state index contributed by atoms with van der Waals surface area (Å²) in [7, 11) is -3.57. The van der Waals surface area contributed by atoms with Crippen molar-refractivity contribution in [3.05, 3.63) is 65.5 Å². The van der Waals surface area contributed by atoms with Gasteiger partial charge in [-0.3, -0.25) is 4.79 Å². The quantitative estimate of drug-likeness (QED) is 0.767. The number of anilines is 1. The van der Waals surface area contributed by atoms with E-state index in [0.717, 1.165) is 28.2 Å². The van der Waals surface area contributed by atoms with Gasteiger partial charge in [-0.05, 0) is 24.1 Å². The molecule has 7 heteroatoms. The van der Waals surface area contributed by atoms with Gasteiger partial charge in [0.2, 0.25) is 15.9 Å². The third kappa shape index (κ3) is 5.64. The highest BCUT2D eigenvalue weighted by Crippen LogP contribution is 2.16. The molecule has 2 aromatic carbocycles. The Kier molecular flexibility index (Phi) is 6.88. The SMILES string of the molecule is CCc1ccccc1NC(=O)CCN(Cc1ccccc1F)S(C)(=O)=O. The van der Waals surface area contributed by atoms with E-state index in [-0.39, 0.29) is 31.0 Å². The molecule has 5 nitrogen and oxygen atoms in total. The van der Waals surface area contributed by atoms with Crippen LogP contribution in [-0.4, -0.2) is 31.4 Å². The molecule has 0 saturated carbocycles. The second-order valence-corrected chi connectivity index (χ2v) is 7.98. The van der Waals surface area contributed by atoms with Crippen molar-refractivity contribution in [3.63, 3.8) is 0 Å². The number of halogens is 1. The van der Waals surface area contributed by atoms with Gasteiger partial charge in [-0.1, -0.05) is 43.3 Å². The van der Waals surface area contributed by atoms with Crippen LogP contribution in [0.25, 0.3) is 0 Å². The first-order chi connectivity index (χ1) is 12.3. The van der Waals surface area contributed by atoms with Gasteiger partial charge in [-0.15, -0.1) is 0 Å². The molecule has 26 heavy (non-hydrogen) atoms. The Morgan fingerprint density at radius 1 is 1.08 bits per heavy atom. The Hall–Kier alpha value is -2.25. The Balaban J connectivity index is 2.03. The molecule has 1 N–H and O–H groups in total. The molecule has 0 radical (unpaired) electrons. The Bertz CT molecular complexity index is 869. The van der Waals surface area contributed by atoms with Crippen molar-refractivity contribution < 1.29 is 17.6 Å². The summed E-state index contributed by atoms with van der Waals surface area (Å²) in [5, 5.41) is 2.81. The molecular weight excluding hydrogens is 355 g/mol. The second kappa shape index (κ2) is 8.91. The lowest BCUT2D eigenvalue weighted by molar-refractivity contribution is -0.116. The summed E-state index contributed by atoms with van der Waals surface area (Å²) in [6, 6.07) is 13.5. The highest BCUT2D eigenvalue weighted by Gasteiger charge is 2.20. The van der Waals surface area contributed by atoms with Crippen molar-refractivity contribution in [2.45, 2.75) is 26.3 Å². The van der Waals surface area contributed by atoms with Gasteiger partial charge in [0.25, 0.3) is 0 Å². The van der Waals surface area contributed by atoms with Gasteiger partial charge in [0.1, 0.15) is 5.82 Å². The molecular formula is C19H23FN2O3S. The summed E-state index contributed by atoms with van der Waals surface area (Å²) in [4.78, 5) is 12.2. The maximum Gasteiger partial charge on any atom is 0.225 e. The van der Waals surface area contributed by atoms with Crippen LogP contribution in [0.1, 0.15) is 24.5 Å². The standard InChI is InChI=1S/C19H23FN2O3S/c1-3-15-8-5-7-11-18(15)21-19(23)12-13-22(26(2,24)25)14-16-9-4-6-10-17(16)20/h4-11H,3,12-14H2,1-2H3,(H,21,23).